The van der Waals surface area contributed by atoms with Gasteiger partial charge >= 0.3 is 0 Å². The van der Waals surface area contributed by atoms with E-state index in [4.69, 9.17) is 21.4 Å². The van der Waals surface area contributed by atoms with E-state index in [1.165, 1.54) is 0 Å². The number of aromatic nitrogens is 2. The zero-order valence-electron chi connectivity index (χ0n) is 18.1. The Morgan fingerprint density at radius 3 is 2.90 bits per heavy atom. The van der Waals surface area contributed by atoms with Gasteiger partial charge in [0.15, 0.2) is 0 Å². The minimum Gasteiger partial charge on any atom is -0.488 e. The van der Waals surface area contributed by atoms with Crippen molar-refractivity contribution in [1.29, 1.82) is 0 Å². The third-order valence-electron chi connectivity index (χ3n) is 6.64. The Hall–Kier alpha value is -2.51. The summed E-state index contributed by atoms with van der Waals surface area (Å²) in [7, 11) is 0. The number of para-hydroxylation sites is 1. The topological polar surface area (TPSA) is 71.4 Å². The predicted molar refractivity (Wildman–Crippen MR) is 121 cm³/mol. The van der Waals surface area contributed by atoms with Gasteiger partial charge in [-0.05, 0) is 32.4 Å². The van der Waals surface area contributed by atoms with E-state index in [1.54, 1.807) is 0 Å². The second-order valence-electron chi connectivity index (χ2n) is 8.63. The summed E-state index contributed by atoms with van der Waals surface area (Å²) in [5.74, 6) is 2.03. The van der Waals surface area contributed by atoms with Crippen molar-refractivity contribution < 1.29 is 9.53 Å². The lowest BCUT2D eigenvalue weighted by atomic mass is 10.0. The molecular weight excluding hydrogens is 414 g/mol. The summed E-state index contributed by atoms with van der Waals surface area (Å²) < 4.78 is 8.18. The number of anilines is 1. The van der Waals surface area contributed by atoms with Crippen molar-refractivity contribution >= 4 is 29.0 Å². The summed E-state index contributed by atoms with van der Waals surface area (Å²) in [5.41, 5.74) is 3.52. The summed E-state index contributed by atoms with van der Waals surface area (Å²) in [6, 6.07) is 7.60. The number of rotatable bonds is 4. The number of nitrogens with one attached hydrogen (secondary N) is 2. The molecule has 2 aromatic rings. The molecule has 0 bridgehead atoms. The normalized spacial score (nSPS) is 24.8. The number of nitrogens with zero attached hydrogens (tertiary/aromatic N) is 3. The summed E-state index contributed by atoms with van der Waals surface area (Å²) in [4.78, 5) is 15.3. The van der Waals surface area contributed by atoms with Gasteiger partial charge < -0.3 is 20.3 Å². The number of amides is 1. The molecule has 8 heteroatoms. The van der Waals surface area contributed by atoms with E-state index in [1.807, 2.05) is 47.7 Å². The molecule has 1 aromatic carbocycles. The quantitative estimate of drug-likeness (QED) is 0.757. The highest BCUT2D eigenvalue weighted by atomic mass is 35.5. The standard InChI is InChI=1S/C23H28ClN5O2/c1-4-15-9-25-10-20(15)31-19-8-6-5-7-16(19)23(30)28-11-17-18(12-28)27-29-14(3)21(24)13(2)26-22(17)29/h5-8,13,15,20,25-26H,4,9-12H2,1-3H3/t13?,15-,20+/m1/s1. The van der Waals surface area contributed by atoms with E-state index in [2.05, 4.69) is 17.6 Å². The van der Waals surface area contributed by atoms with Gasteiger partial charge in [-0.2, -0.15) is 5.10 Å². The van der Waals surface area contributed by atoms with Crippen LogP contribution in [0, 0.1) is 5.92 Å². The molecule has 4 heterocycles. The van der Waals surface area contributed by atoms with Crippen LogP contribution in [0.15, 0.2) is 29.3 Å². The number of fused-ring (bicyclic) bond motifs is 3. The van der Waals surface area contributed by atoms with Crippen LogP contribution < -0.4 is 15.4 Å². The average Bonchev–Trinajstić information content (AvgIpc) is 3.47. The number of hydrogen-bond donors (Lipinski definition) is 2. The molecule has 1 unspecified atom stereocenters. The fourth-order valence-corrected chi connectivity index (χ4v) is 4.90. The largest absolute Gasteiger partial charge is 0.488 e. The van der Waals surface area contributed by atoms with Crippen molar-refractivity contribution in [2.45, 2.75) is 52.4 Å². The van der Waals surface area contributed by atoms with E-state index in [0.717, 1.165) is 47.3 Å². The van der Waals surface area contributed by atoms with Crippen molar-refractivity contribution in [2.75, 3.05) is 18.4 Å². The predicted octanol–water partition coefficient (Wildman–Crippen LogP) is 3.66. The van der Waals surface area contributed by atoms with E-state index < -0.39 is 0 Å². The molecule has 3 aliphatic rings. The summed E-state index contributed by atoms with van der Waals surface area (Å²) in [5, 5.41) is 12.3. The maximum atomic E-state index is 13.5. The van der Waals surface area contributed by atoms with Crippen molar-refractivity contribution in [3.63, 3.8) is 0 Å². The van der Waals surface area contributed by atoms with Gasteiger partial charge in [-0.25, -0.2) is 4.68 Å². The molecule has 1 aromatic heterocycles. The molecule has 3 aliphatic heterocycles. The second-order valence-corrected chi connectivity index (χ2v) is 9.03. The van der Waals surface area contributed by atoms with Crippen LogP contribution in [0.25, 0.3) is 5.70 Å². The third kappa shape index (κ3) is 3.40. The van der Waals surface area contributed by atoms with Crippen LogP contribution in [-0.2, 0) is 13.1 Å². The Morgan fingerprint density at radius 2 is 2.10 bits per heavy atom. The van der Waals surface area contributed by atoms with E-state index in [-0.39, 0.29) is 18.1 Å². The SMILES string of the molecule is CC[C@@H]1CNC[C@@H]1Oc1ccccc1C(=O)N1Cc2nn3c(c2C1)NC(C)C(Cl)=C3C. The molecular formula is C23H28ClN5O2. The molecule has 7 nitrogen and oxygen atoms in total. The first kappa shape index (κ1) is 20.4. The highest BCUT2D eigenvalue weighted by molar-refractivity contribution is 6.33. The molecule has 1 saturated heterocycles. The van der Waals surface area contributed by atoms with Crippen LogP contribution in [0.4, 0.5) is 5.82 Å². The zero-order chi connectivity index (χ0) is 21.7. The number of ether oxygens (including phenoxy) is 1. The van der Waals surface area contributed by atoms with Crippen LogP contribution >= 0.6 is 11.6 Å². The Labute approximate surface area is 187 Å². The highest BCUT2D eigenvalue weighted by Crippen LogP contribution is 2.37. The highest BCUT2D eigenvalue weighted by Gasteiger charge is 2.35. The van der Waals surface area contributed by atoms with Crippen LogP contribution in [0.1, 0.15) is 48.8 Å². The molecule has 164 valence electrons. The van der Waals surface area contributed by atoms with Gasteiger partial charge in [0, 0.05) is 24.6 Å². The number of halogens is 1. The minimum atomic E-state index is -0.0273. The summed E-state index contributed by atoms with van der Waals surface area (Å²) in [6.07, 6.45) is 1.14. The molecule has 0 radical (unpaired) electrons. The Morgan fingerprint density at radius 1 is 1.29 bits per heavy atom. The summed E-state index contributed by atoms with van der Waals surface area (Å²) >= 11 is 6.41. The monoisotopic (exact) mass is 441 g/mol. The van der Waals surface area contributed by atoms with Crippen LogP contribution in [-0.4, -0.2) is 45.8 Å². The molecule has 3 atom stereocenters. The third-order valence-corrected chi connectivity index (χ3v) is 7.24. The molecule has 0 aliphatic carbocycles. The fourth-order valence-electron chi connectivity index (χ4n) is 4.77. The van der Waals surface area contributed by atoms with Crippen molar-refractivity contribution in [2.24, 2.45) is 5.92 Å². The van der Waals surface area contributed by atoms with Crippen molar-refractivity contribution in [3.8, 4) is 5.75 Å². The average molecular weight is 442 g/mol. The number of allylic oxidation sites excluding steroid dienone is 1. The molecule has 0 saturated carbocycles. The van der Waals surface area contributed by atoms with Crippen molar-refractivity contribution in [1.82, 2.24) is 20.0 Å². The maximum Gasteiger partial charge on any atom is 0.258 e. The van der Waals surface area contributed by atoms with Gasteiger partial charge in [-0.1, -0.05) is 30.7 Å². The first-order valence-electron chi connectivity index (χ1n) is 11.0. The van der Waals surface area contributed by atoms with Gasteiger partial charge in [-0.15, -0.1) is 0 Å². The molecule has 2 N–H and O–H groups in total. The van der Waals surface area contributed by atoms with Gasteiger partial charge in [-0.3, -0.25) is 4.79 Å². The lowest BCUT2D eigenvalue weighted by Crippen LogP contribution is -2.30. The van der Waals surface area contributed by atoms with Gasteiger partial charge in [0.1, 0.15) is 17.7 Å². The van der Waals surface area contributed by atoms with Gasteiger partial charge in [0.05, 0.1) is 41.1 Å². The Balaban J connectivity index is 1.37. The molecule has 31 heavy (non-hydrogen) atoms. The fraction of sp³-hybridized carbons (Fsp3) is 0.478. The van der Waals surface area contributed by atoms with E-state index >= 15 is 0 Å². The Kier molecular flexibility index (Phi) is 5.18. The Bertz CT molecular complexity index is 1060. The molecule has 5 rings (SSSR count). The maximum absolute atomic E-state index is 13.5. The molecule has 1 amide bonds. The zero-order valence-corrected chi connectivity index (χ0v) is 18.9. The molecule has 1 fully saturated rings. The van der Waals surface area contributed by atoms with Crippen LogP contribution in [0.5, 0.6) is 5.75 Å². The lowest BCUT2D eigenvalue weighted by molar-refractivity contribution is 0.0740. The first-order valence-corrected chi connectivity index (χ1v) is 11.3. The number of hydrogen-bond acceptors (Lipinski definition) is 5. The first-order chi connectivity index (χ1) is 15.0. The van der Waals surface area contributed by atoms with E-state index in [9.17, 15) is 4.79 Å². The van der Waals surface area contributed by atoms with Gasteiger partial charge in [0.2, 0.25) is 0 Å². The number of carbonyl (C=O) groups is 1. The number of carbonyl (C=O) groups excluding carboxylic acids is 1. The second kappa shape index (κ2) is 7.88. The minimum absolute atomic E-state index is 0.0273. The van der Waals surface area contributed by atoms with Crippen molar-refractivity contribution in [3.05, 3.63) is 46.1 Å². The smallest absolute Gasteiger partial charge is 0.258 e. The summed E-state index contributed by atoms with van der Waals surface area (Å²) in [6.45, 7) is 8.95. The van der Waals surface area contributed by atoms with Gasteiger partial charge in [0.25, 0.3) is 5.91 Å². The molecule has 0 spiro atoms. The van der Waals surface area contributed by atoms with Crippen LogP contribution in [0.2, 0.25) is 0 Å². The number of benzene rings is 1. The van der Waals surface area contributed by atoms with Crippen LogP contribution in [0.3, 0.4) is 0 Å². The lowest BCUT2D eigenvalue weighted by Gasteiger charge is -2.26. The van der Waals surface area contributed by atoms with E-state index in [0.29, 0.717) is 30.3 Å².